The number of anilines is 1. The molecule has 0 radical (unpaired) electrons. The highest BCUT2D eigenvalue weighted by Crippen LogP contribution is 2.42. The van der Waals surface area contributed by atoms with Crippen LogP contribution in [0.25, 0.3) is 0 Å². The Kier molecular flexibility index (Phi) is 4.97. The number of quaternary nitrogens is 1. The summed E-state index contributed by atoms with van der Waals surface area (Å²) in [5, 5.41) is 2.20. The fourth-order valence-corrected chi connectivity index (χ4v) is 5.13. The second kappa shape index (κ2) is 7.78. The van der Waals surface area contributed by atoms with Crippen LogP contribution in [0.4, 0.5) is 5.69 Å². The van der Waals surface area contributed by atoms with Crippen LogP contribution >= 0.6 is 15.9 Å². The second-order valence-electron chi connectivity index (χ2n) is 7.90. The highest BCUT2D eigenvalue weighted by molar-refractivity contribution is 9.10. The topological polar surface area (TPSA) is 66.9 Å². The normalized spacial score (nSPS) is 25.6. The average molecular weight is 463 g/mol. The quantitative estimate of drug-likeness (QED) is 0.606. The van der Waals surface area contributed by atoms with Gasteiger partial charge in [-0.25, -0.2) is 4.90 Å². The van der Waals surface area contributed by atoms with Crippen LogP contribution < -0.4 is 10.2 Å². The van der Waals surface area contributed by atoms with Crippen molar-refractivity contribution < 1.29 is 14.9 Å². The van der Waals surface area contributed by atoms with E-state index in [1.807, 2.05) is 60.8 Å². The molecule has 0 bridgehead atoms. The first-order valence-corrected chi connectivity index (χ1v) is 10.8. The van der Waals surface area contributed by atoms with Crippen molar-refractivity contribution in [3.05, 3.63) is 94.7 Å². The van der Waals surface area contributed by atoms with Crippen molar-refractivity contribution in [3.8, 4) is 0 Å². The Bertz CT molecular complexity index is 1070. The number of aromatic nitrogens is 1. The number of hydrogen-bond acceptors (Lipinski definition) is 3. The molecule has 5 nitrogen and oxygen atoms in total. The number of benzene rings is 2. The predicted molar refractivity (Wildman–Crippen MR) is 116 cm³/mol. The first-order chi connectivity index (χ1) is 14.6. The molecule has 30 heavy (non-hydrogen) atoms. The molecule has 5 rings (SSSR count). The minimum atomic E-state index is -0.390. The lowest BCUT2D eigenvalue weighted by Crippen LogP contribution is -2.89. The van der Waals surface area contributed by atoms with E-state index in [0.717, 1.165) is 16.5 Å². The summed E-state index contributed by atoms with van der Waals surface area (Å²) in [5.41, 5.74) is 2.79. The van der Waals surface area contributed by atoms with Crippen LogP contribution in [0.1, 0.15) is 17.2 Å². The SMILES string of the molecule is O=C1[C@@H]2[C@H](C(=O)N1c1ccc(Br)cc1)[C@@H](c1cccnc1)[NH2+][C@H]2Cc1ccccc1. The molecule has 2 N–H and O–H groups in total. The Labute approximate surface area is 183 Å². The number of imide groups is 1. The zero-order chi connectivity index (χ0) is 20.7. The summed E-state index contributed by atoms with van der Waals surface area (Å²) in [6.07, 6.45) is 4.28. The number of carbonyl (C=O) groups excluding carboxylic acids is 2. The van der Waals surface area contributed by atoms with Crippen LogP contribution in [0, 0.1) is 11.8 Å². The maximum absolute atomic E-state index is 13.5. The van der Waals surface area contributed by atoms with E-state index in [4.69, 9.17) is 0 Å². The Hall–Kier alpha value is -2.83. The van der Waals surface area contributed by atoms with Gasteiger partial charge < -0.3 is 5.32 Å². The van der Waals surface area contributed by atoms with E-state index >= 15 is 0 Å². The first kappa shape index (κ1) is 19.2. The number of pyridine rings is 1. The molecule has 2 amide bonds. The monoisotopic (exact) mass is 462 g/mol. The number of rotatable bonds is 4. The first-order valence-electron chi connectivity index (χ1n) is 10.1. The van der Waals surface area contributed by atoms with Gasteiger partial charge in [0.1, 0.15) is 23.9 Å². The number of halogens is 1. The van der Waals surface area contributed by atoms with E-state index < -0.39 is 0 Å². The molecule has 2 aliphatic rings. The van der Waals surface area contributed by atoms with Crippen molar-refractivity contribution in [2.45, 2.75) is 18.5 Å². The van der Waals surface area contributed by atoms with Gasteiger partial charge in [-0.05, 0) is 42.0 Å². The summed E-state index contributed by atoms with van der Waals surface area (Å²) in [6.45, 7) is 0. The maximum Gasteiger partial charge on any atom is 0.244 e. The third kappa shape index (κ3) is 3.26. The number of amides is 2. The van der Waals surface area contributed by atoms with Gasteiger partial charge in [0, 0.05) is 28.9 Å². The van der Waals surface area contributed by atoms with E-state index in [1.165, 1.54) is 10.5 Å². The number of hydrogen-bond donors (Lipinski definition) is 1. The van der Waals surface area contributed by atoms with E-state index in [-0.39, 0.29) is 35.7 Å². The lowest BCUT2D eigenvalue weighted by molar-refractivity contribution is -0.710. The Morgan fingerprint density at radius 3 is 2.33 bits per heavy atom. The number of nitrogens with two attached hydrogens (primary N) is 1. The third-order valence-corrected chi connectivity index (χ3v) is 6.70. The van der Waals surface area contributed by atoms with Crippen LogP contribution in [-0.4, -0.2) is 22.8 Å². The predicted octanol–water partition coefficient (Wildman–Crippen LogP) is 2.88. The van der Waals surface area contributed by atoms with Gasteiger partial charge in [0.25, 0.3) is 0 Å². The molecule has 4 atom stereocenters. The molecule has 1 aromatic heterocycles. The lowest BCUT2D eigenvalue weighted by atomic mass is 9.85. The number of fused-ring (bicyclic) bond motifs is 1. The van der Waals surface area contributed by atoms with E-state index in [1.54, 1.807) is 6.20 Å². The Morgan fingerprint density at radius 2 is 1.63 bits per heavy atom. The summed E-state index contributed by atoms with van der Waals surface area (Å²) in [4.78, 5) is 32.7. The summed E-state index contributed by atoms with van der Waals surface area (Å²) in [6, 6.07) is 21.3. The van der Waals surface area contributed by atoms with Crippen LogP contribution in [0.3, 0.4) is 0 Å². The number of carbonyl (C=O) groups is 2. The summed E-state index contributed by atoms with van der Waals surface area (Å²) >= 11 is 3.42. The minimum absolute atomic E-state index is 0.000459. The molecule has 3 heterocycles. The van der Waals surface area contributed by atoms with Gasteiger partial charge in [0.2, 0.25) is 11.8 Å². The standard InChI is InChI=1S/C24H20BrN3O2/c25-17-8-10-18(11-9-17)28-23(29)20-19(13-15-5-2-1-3-6-15)27-22(21(20)24(28)30)16-7-4-12-26-14-16/h1-12,14,19-22,27H,13H2/p+1/t19-,20-,21-,22+/m0/s1. The second-order valence-corrected chi connectivity index (χ2v) is 8.81. The highest BCUT2D eigenvalue weighted by Gasteiger charge is 2.62. The van der Waals surface area contributed by atoms with Crippen LogP contribution in [-0.2, 0) is 16.0 Å². The Balaban J connectivity index is 1.53. The smallest absolute Gasteiger partial charge is 0.244 e. The van der Waals surface area contributed by atoms with Gasteiger partial charge in [-0.15, -0.1) is 0 Å². The lowest BCUT2D eigenvalue weighted by Gasteiger charge is -2.21. The van der Waals surface area contributed by atoms with Crippen molar-refractivity contribution >= 4 is 33.4 Å². The fraction of sp³-hybridized carbons (Fsp3) is 0.208. The molecule has 0 unspecified atom stereocenters. The van der Waals surface area contributed by atoms with E-state index in [0.29, 0.717) is 5.69 Å². The molecule has 3 aromatic rings. The molecular formula is C24H21BrN3O2+. The van der Waals surface area contributed by atoms with Crippen molar-refractivity contribution in [3.63, 3.8) is 0 Å². The molecular weight excluding hydrogens is 442 g/mol. The molecule has 0 saturated carbocycles. The molecule has 150 valence electrons. The van der Waals surface area contributed by atoms with Gasteiger partial charge in [0.15, 0.2) is 0 Å². The van der Waals surface area contributed by atoms with Gasteiger partial charge >= 0.3 is 0 Å². The zero-order valence-electron chi connectivity index (χ0n) is 16.2. The van der Waals surface area contributed by atoms with E-state index in [2.05, 4.69) is 38.4 Å². The van der Waals surface area contributed by atoms with Crippen molar-refractivity contribution in [1.82, 2.24) is 4.98 Å². The summed E-state index contributed by atoms with van der Waals surface area (Å²) in [7, 11) is 0. The molecule has 2 aromatic carbocycles. The highest BCUT2D eigenvalue weighted by atomic mass is 79.9. The summed E-state index contributed by atoms with van der Waals surface area (Å²) in [5.74, 6) is -0.963. The molecule has 0 aliphatic carbocycles. The van der Waals surface area contributed by atoms with Crippen LogP contribution in [0.5, 0.6) is 0 Å². The van der Waals surface area contributed by atoms with Crippen LogP contribution in [0.15, 0.2) is 83.6 Å². The zero-order valence-corrected chi connectivity index (χ0v) is 17.8. The molecule has 2 aliphatic heterocycles. The van der Waals surface area contributed by atoms with Crippen molar-refractivity contribution in [2.75, 3.05) is 4.90 Å². The molecule has 2 fully saturated rings. The van der Waals surface area contributed by atoms with Crippen molar-refractivity contribution in [2.24, 2.45) is 11.8 Å². The van der Waals surface area contributed by atoms with Gasteiger partial charge in [-0.3, -0.25) is 14.6 Å². The minimum Gasteiger partial charge on any atom is -0.336 e. The van der Waals surface area contributed by atoms with Crippen molar-refractivity contribution in [1.29, 1.82) is 0 Å². The number of nitrogens with zero attached hydrogens (tertiary/aromatic N) is 2. The van der Waals surface area contributed by atoms with Crippen LogP contribution in [0.2, 0.25) is 0 Å². The van der Waals surface area contributed by atoms with E-state index in [9.17, 15) is 9.59 Å². The molecule has 6 heteroatoms. The fourth-order valence-electron chi connectivity index (χ4n) is 4.86. The Morgan fingerprint density at radius 1 is 0.900 bits per heavy atom. The molecule has 0 spiro atoms. The largest absolute Gasteiger partial charge is 0.336 e. The maximum atomic E-state index is 13.5. The summed E-state index contributed by atoms with van der Waals surface area (Å²) < 4.78 is 0.911. The van der Waals surface area contributed by atoms with Gasteiger partial charge in [-0.2, -0.15) is 0 Å². The van der Waals surface area contributed by atoms with Gasteiger partial charge in [0.05, 0.1) is 5.69 Å². The molecule has 2 saturated heterocycles. The van der Waals surface area contributed by atoms with Gasteiger partial charge in [-0.1, -0.05) is 46.3 Å². The third-order valence-electron chi connectivity index (χ3n) is 6.17. The average Bonchev–Trinajstić information content (AvgIpc) is 3.27.